The highest BCUT2D eigenvalue weighted by Crippen LogP contribution is 2.23. The van der Waals surface area contributed by atoms with Crippen LogP contribution in [0.5, 0.6) is 5.75 Å². The van der Waals surface area contributed by atoms with Crippen LogP contribution >= 0.6 is 0 Å². The first kappa shape index (κ1) is 17.5. The van der Waals surface area contributed by atoms with Crippen molar-refractivity contribution in [2.45, 2.75) is 19.4 Å². The molecule has 0 saturated carbocycles. The van der Waals surface area contributed by atoms with E-state index in [0.29, 0.717) is 18.3 Å². The Labute approximate surface area is 158 Å². The number of nitrogens with zero attached hydrogens (tertiary/aromatic N) is 2. The Hall–Kier alpha value is -2.86. The first-order valence-electron chi connectivity index (χ1n) is 9.23. The summed E-state index contributed by atoms with van der Waals surface area (Å²) in [7, 11) is 1.62. The number of methoxy groups -OCH3 is 1. The molecule has 6 nitrogen and oxygen atoms in total. The van der Waals surface area contributed by atoms with Crippen LogP contribution in [0.1, 0.15) is 17.5 Å². The van der Waals surface area contributed by atoms with Crippen molar-refractivity contribution in [2.75, 3.05) is 25.9 Å². The molecule has 1 atom stereocenters. The monoisotopic (exact) mass is 364 g/mol. The van der Waals surface area contributed by atoms with E-state index in [4.69, 9.17) is 10.5 Å². The number of H-pyrrole nitrogens is 1. The van der Waals surface area contributed by atoms with Gasteiger partial charge < -0.3 is 15.5 Å². The van der Waals surface area contributed by atoms with E-state index >= 15 is 0 Å². The predicted octanol–water partition coefficient (Wildman–Crippen LogP) is 2.58. The Balaban J connectivity index is 1.44. The third kappa shape index (κ3) is 3.95. The molecule has 2 aromatic heterocycles. The maximum atomic E-state index is 12.5. The van der Waals surface area contributed by atoms with E-state index in [9.17, 15) is 4.79 Å². The summed E-state index contributed by atoms with van der Waals surface area (Å²) < 4.78 is 5.23. The number of hydrogen-bond acceptors (Lipinski definition) is 5. The molecular formula is C21H24N4O2. The van der Waals surface area contributed by atoms with E-state index in [1.807, 2.05) is 42.6 Å². The number of rotatable bonds is 5. The second-order valence-corrected chi connectivity index (χ2v) is 7.26. The summed E-state index contributed by atoms with van der Waals surface area (Å²) >= 11 is 0. The van der Waals surface area contributed by atoms with Crippen LogP contribution in [0.25, 0.3) is 10.9 Å². The molecule has 0 spiro atoms. The number of nitrogens with two attached hydrogens (primary N) is 1. The van der Waals surface area contributed by atoms with Crippen molar-refractivity contribution in [3.63, 3.8) is 0 Å². The summed E-state index contributed by atoms with van der Waals surface area (Å²) in [5.74, 6) is 1.88. The van der Waals surface area contributed by atoms with E-state index in [1.165, 1.54) is 5.56 Å². The lowest BCUT2D eigenvalue weighted by Gasteiger charge is -2.16. The van der Waals surface area contributed by atoms with Crippen LogP contribution in [-0.2, 0) is 13.0 Å². The van der Waals surface area contributed by atoms with E-state index in [2.05, 4.69) is 14.9 Å². The zero-order valence-electron chi connectivity index (χ0n) is 15.4. The first-order chi connectivity index (χ1) is 13.1. The Morgan fingerprint density at radius 3 is 2.96 bits per heavy atom. The number of likely N-dealkylation sites (tertiary alicyclic amines) is 1. The molecule has 0 bridgehead atoms. The van der Waals surface area contributed by atoms with E-state index < -0.39 is 0 Å². The smallest absolute Gasteiger partial charge is 0.252 e. The molecule has 1 fully saturated rings. The van der Waals surface area contributed by atoms with Gasteiger partial charge in [0.15, 0.2) is 0 Å². The second-order valence-electron chi connectivity index (χ2n) is 7.26. The number of nitrogens with one attached hydrogen (secondary N) is 1. The number of benzene rings is 1. The minimum atomic E-state index is -0.0260. The topological polar surface area (TPSA) is 84.2 Å². The van der Waals surface area contributed by atoms with Gasteiger partial charge in [-0.1, -0.05) is 6.07 Å². The Morgan fingerprint density at radius 2 is 2.19 bits per heavy atom. The highest BCUT2D eigenvalue weighted by Gasteiger charge is 2.23. The summed E-state index contributed by atoms with van der Waals surface area (Å²) in [5, 5.41) is 1.02. The summed E-state index contributed by atoms with van der Waals surface area (Å²) in [6, 6.07) is 11.6. The Morgan fingerprint density at radius 1 is 1.30 bits per heavy atom. The average Bonchev–Trinajstić information content (AvgIpc) is 3.11. The van der Waals surface area contributed by atoms with Gasteiger partial charge in [0.05, 0.1) is 12.6 Å². The van der Waals surface area contributed by atoms with E-state index in [0.717, 1.165) is 48.1 Å². The molecule has 1 unspecified atom stereocenters. The van der Waals surface area contributed by atoms with Crippen molar-refractivity contribution in [3.8, 4) is 5.75 Å². The highest BCUT2D eigenvalue weighted by molar-refractivity contribution is 5.80. The van der Waals surface area contributed by atoms with Gasteiger partial charge in [-0.25, -0.2) is 4.98 Å². The molecule has 3 aromatic rings. The van der Waals surface area contributed by atoms with Crippen molar-refractivity contribution >= 4 is 16.7 Å². The molecule has 140 valence electrons. The zero-order valence-corrected chi connectivity index (χ0v) is 15.4. The summed E-state index contributed by atoms with van der Waals surface area (Å²) in [5.41, 5.74) is 8.46. The van der Waals surface area contributed by atoms with E-state index in [1.54, 1.807) is 7.11 Å². The molecule has 0 radical (unpaired) electrons. The number of aromatic amines is 1. The fraction of sp³-hybridized carbons (Fsp3) is 0.333. The number of ether oxygens (including phenoxy) is 1. The van der Waals surface area contributed by atoms with Gasteiger partial charge in [-0.2, -0.15) is 0 Å². The van der Waals surface area contributed by atoms with Gasteiger partial charge in [-0.3, -0.25) is 9.69 Å². The fourth-order valence-electron chi connectivity index (χ4n) is 3.82. The molecule has 1 aliphatic heterocycles. The minimum Gasteiger partial charge on any atom is -0.497 e. The fourth-order valence-corrected chi connectivity index (χ4v) is 3.82. The van der Waals surface area contributed by atoms with Crippen LogP contribution in [0, 0.1) is 5.92 Å². The van der Waals surface area contributed by atoms with Gasteiger partial charge in [-0.15, -0.1) is 0 Å². The van der Waals surface area contributed by atoms with Crippen LogP contribution < -0.4 is 16.0 Å². The summed E-state index contributed by atoms with van der Waals surface area (Å²) in [6.07, 6.45) is 3.99. The quantitative estimate of drug-likeness (QED) is 0.727. The number of anilines is 1. The number of nitrogen functional groups attached to an aromatic ring is 1. The maximum Gasteiger partial charge on any atom is 0.252 e. The van der Waals surface area contributed by atoms with Gasteiger partial charge >= 0.3 is 0 Å². The van der Waals surface area contributed by atoms with Crippen LogP contribution in [0.2, 0.25) is 0 Å². The zero-order chi connectivity index (χ0) is 18.8. The lowest BCUT2D eigenvalue weighted by Crippen LogP contribution is -2.25. The van der Waals surface area contributed by atoms with Gasteiger partial charge in [0, 0.05) is 30.9 Å². The minimum absolute atomic E-state index is 0.0260. The van der Waals surface area contributed by atoms with Crippen molar-refractivity contribution in [1.82, 2.24) is 14.9 Å². The molecule has 1 saturated heterocycles. The molecule has 1 aliphatic rings. The standard InChI is InChI=1S/C21H24N4O2/c1-27-18-4-3-16-9-17(21(26)24-19(16)10-18)13-25-7-6-15(12-25)8-14-2-5-20(22)23-11-14/h2-5,9-11,15H,6-8,12-13H2,1H3,(H2,22,23)(H,24,26). The van der Waals surface area contributed by atoms with Gasteiger partial charge in [0.25, 0.3) is 5.56 Å². The molecular weight excluding hydrogens is 340 g/mol. The highest BCUT2D eigenvalue weighted by atomic mass is 16.5. The normalized spacial score (nSPS) is 17.4. The Bertz CT molecular complexity index is 997. The number of aromatic nitrogens is 2. The third-order valence-corrected chi connectivity index (χ3v) is 5.27. The molecule has 4 rings (SSSR count). The van der Waals surface area contributed by atoms with Crippen molar-refractivity contribution < 1.29 is 4.74 Å². The number of fused-ring (bicyclic) bond motifs is 1. The lowest BCUT2D eigenvalue weighted by atomic mass is 10.00. The summed E-state index contributed by atoms with van der Waals surface area (Å²) in [4.78, 5) is 22.0. The molecule has 27 heavy (non-hydrogen) atoms. The largest absolute Gasteiger partial charge is 0.497 e. The van der Waals surface area contributed by atoms with Crippen molar-refractivity contribution in [1.29, 1.82) is 0 Å². The first-order valence-corrected chi connectivity index (χ1v) is 9.23. The lowest BCUT2D eigenvalue weighted by molar-refractivity contribution is 0.315. The molecule has 3 heterocycles. The van der Waals surface area contributed by atoms with Gasteiger partial charge in [0.1, 0.15) is 11.6 Å². The molecule has 1 aromatic carbocycles. The molecule has 0 amide bonds. The van der Waals surface area contributed by atoms with Crippen LogP contribution in [-0.4, -0.2) is 35.1 Å². The number of pyridine rings is 2. The molecule has 0 aliphatic carbocycles. The molecule has 6 heteroatoms. The predicted molar refractivity (Wildman–Crippen MR) is 107 cm³/mol. The van der Waals surface area contributed by atoms with Crippen LogP contribution in [0.15, 0.2) is 47.4 Å². The number of hydrogen-bond donors (Lipinski definition) is 2. The van der Waals surface area contributed by atoms with Gasteiger partial charge in [-0.05, 0) is 60.5 Å². The van der Waals surface area contributed by atoms with Crippen LogP contribution in [0.4, 0.5) is 5.82 Å². The average molecular weight is 364 g/mol. The van der Waals surface area contributed by atoms with Gasteiger partial charge in [0.2, 0.25) is 0 Å². The maximum absolute atomic E-state index is 12.5. The van der Waals surface area contributed by atoms with Crippen molar-refractivity contribution in [2.24, 2.45) is 5.92 Å². The van der Waals surface area contributed by atoms with E-state index in [-0.39, 0.29) is 5.56 Å². The van der Waals surface area contributed by atoms with Crippen molar-refractivity contribution in [3.05, 3.63) is 64.1 Å². The summed E-state index contributed by atoms with van der Waals surface area (Å²) in [6.45, 7) is 2.67. The molecule has 3 N–H and O–H groups in total. The SMILES string of the molecule is COc1ccc2cc(CN3CCC(Cc4ccc(N)nc4)C3)c(=O)[nH]c2c1. The van der Waals surface area contributed by atoms with Crippen LogP contribution in [0.3, 0.4) is 0 Å². The Kier molecular flexibility index (Phi) is 4.81. The second kappa shape index (κ2) is 7.40. The third-order valence-electron chi connectivity index (χ3n) is 5.27.